The fourth-order valence-electron chi connectivity index (χ4n) is 3.38. The molecule has 3 rings (SSSR count). The predicted molar refractivity (Wildman–Crippen MR) is 91.8 cm³/mol. The number of thiophene rings is 1. The summed E-state index contributed by atoms with van der Waals surface area (Å²) in [7, 11) is 1.73. The number of halogens is 3. The van der Waals surface area contributed by atoms with Crippen LogP contribution in [-0.4, -0.2) is 12.2 Å². The van der Waals surface area contributed by atoms with Gasteiger partial charge < -0.3 is 10.4 Å². The lowest BCUT2D eigenvalue weighted by Gasteiger charge is -2.20. The van der Waals surface area contributed by atoms with E-state index in [2.05, 4.69) is 5.32 Å². The van der Waals surface area contributed by atoms with Crippen molar-refractivity contribution in [2.75, 3.05) is 12.4 Å². The Bertz CT molecular complexity index is 718. The number of anilines is 1. The molecule has 1 aliphatic carbocycles. The quantitative estimate of drug-likeness (QED) is 0.684. The van der Waals surface area contributed by atoms with E-state index in [-0.39, 0.29) is 5.75 Å². The van der Waals surface area contributed by atoms with Crippen LogP contribution in [0.25, 0.3) is 11.1 Å². The highest BCUT2D eigenvalue weighted by molar-refractivity contribution is 7.17. The van der Waals surface area contributed by atoms with Gasteiger partial charge in [-0.15, -0.1) is 11.3 Å². The van der Waals surface area contributed by atoms with Crippen LogP contribution in [0.4, 0.5) is 18.2 Å². The van der Waals surface area contributed by atoms with E-state index in [1.165, 1.54) is 23.8 Å². The standard InChI is InChI=1S/C18H20F3NOS/c1-22-17-14(12-8-5-9-13(10-12)18(19,20)21)15(23)16(24-17)11-6-3-2-4-7-11/h5,8-11,22-23H,2-4,6-7H2,1H3. The zero-order valence-electron chi connectivity index (χ0n) is 13.4. The first kappa shape index (κ1) is 17.1. The number of alkyl halides is 3. The Hall–Kier alpha value is -1.69. The Morgan fingerprint density at radius 1 is 1.17 bits per heavy atom. The first-order valence-corrected chi connectivity index (χ1v) is 8.94. The minimum Gasteiger partial charge on any atom is -0.506 e. The van der Waals surface area contributed by atoms with Gasteiger partial charge in [-0.2, -0.15) is 13.2 Å². The van der Waals surface area contributed by atoms with Gasteiger partial charge in [-0.1, -0.05) is 31.4 Å². The predicted octanol–water partition coefficient (Wildman–Crippen LogP) is 6.23. The molecule has 0 radical (unpaired) electrons. The van der Waals surface area contributed by atoms with Crippen molar-refractivity contribution < 1.29 is 18.3 Å². The second-order valence-corrected chi connectivity index (χ2v) is 7.23. The average molecular weight is 355 g/mol. The normalized spacial score (nSPS) is 16.3. The Morgan fingerprint density at radius 3 is 2.50 bits per heavy atom. The number of benzene rings is 1. The third-order valence-corrected chi connectivity index (χ3v) is 5.95. The highest BCUT2D eigenvalue weighted by Crippen LogP contribution is 2.51. The van der Waals surface area contributed by atoms with Crippen LogP contribution >= 0.6 is 11.3 Å². The highest BCUT2D eigenvalue weighted by Gasteiger charge is 2.32. The molecule has 24 heavy (non-hydrogen) atoms. The van der Waals surface area contributed by atoms with Crippen LogP contribution in [-0.2, 0) is 6.18 Å². The van der Waals surface area contributed by atoms with Gasteiger partial charge in [0.1, 0.15) is 10.8 Å². The van der Waals surface area contributed by atoms with Gasteiger partial charge in [0.2, 0.25) is 0 Å². The maximum Gasteiger partial charge on any atom is 0.416 e. The number of aromatic hydroxyl groups is 1. The van der Waals surface area contributed by atoms with Crippen LogP contribution in [0.1, 0.15) is 48.5 Å². The van der Waals surface area contributed by atoms with Gasteiger partial charge in [0.05, 0.1) is 16.0 Å². The summed E-state index contributed by atoms with van der Waals surface area (Å²) >= 11 is 1.46. The van der Waals surface area contributed by atoms with Crippen LogP contribution in [0.2, 0.25) is 0 Å². The number of rotatable bonds is 3. The summed E-state index contributed by atoms with van der Waals surface area (Å²) in [5, 5.41) is 14.5. The van der Waals surface area contributed by atoms with Gasteiger partial charge >= 0.3 is 6.18 Å². The Morgan fingerprint density at radius 2 is 1.88 bits per heavy atom. The smallest absolute Gasteiger partial charge is 0.416 e. The molecule has 1 fully saturated rings. The molecule has 1 aromatic carbocycles. The molecule has 0 aliphatic heterocycles. The molecular formula is C18H20F3NOS. The number of hydrogen-bond acceptors (Lipinski definition) is 3. The molecule has 1 heterocycles. The first-order valence-electron chi connectivity index (χ1n) is 8.13. The molecule has 1 saturated carbocycles. The molecule has 0 bridgehead atoms. The van der Waals surface area contributed by atoms with Crippen molar-refractivity contribution in [2.45, 2.75) is 44.2 Å². The van der Waals surface area contributed by atoms with Crippen LogP contribution in [0, 0.1) is 0 Å². The summed E-state index contributed by atoms with van der Waals surface area (Å²) in [6.07, 6.45) is 1.14. The average Bonchev–Trinajstić information content (AvgIpc) is 2.91. The van der Waals surface area contributed by atoms with Crippen molar-refractivity contribution in [1.29, 1.82) is 0 Å². The van der Waals surface area contributed by atoms with Crippen LogP contribution in [0.15, 0.2) is 24.3 Å². The van der Waals surface area contributed by atoms with E-state index in [9.17, 15) is 18.3 Å². The van der Waals surface area contributed by atoms with Crippen LogP contribution in [0.3, 0.4) is 0 Å². The van der Waals surface area contributed by atoms with E-state index in [0.29, 0.717) is 22.0 Å². The lowest BCUT2D eigenvalue weighted by Crippen LogP contribution is -2.04. The minimum absolute atomic E-state index is 0.135. The van der Waals surface area contributed by atoms with Gasteiger partial charge in [0, 0.05) is 7.05 Å². The van der Waals surface area contributed by atoms with Crippen LogP contribution < -0.4 is 5.32 Å². The molecule has 0 unspecified atom stereocenters. The van der Waals surface area contributed by atoms with E-state index in [4.69, 9.17) is 0 Å². The largest absolute Gasteiger partial charge is 0.506 e. The molecule has 0 atom stereocenters. The lowest BCUT2D eigenvalue weighted by atomic mass is 9.87. The van der Waals surface area contributed by atoms with Gasteiger partial charge in [0.25, 0.3) is 0 Å². The third-order valence-electron chi connectivity index (χ3n) is 4.59. The molecule has 1 aliphatic rings. The van der Waals surface area contributed by atoms with Crippen LogP contribution in [0.5, 0.6) is 5.75 Å². The molecule has 0 spiro atoms. The molecule has 0 amide bonds. The number of hydrogen-bond donors (Lipinski definition) is 2. The lowest BCUT2D eigenvalue weighted by molar-refractivity contribution is -0.137. The highest BCUT2D eigenvalue weighted by atomic mass is 32.1. The number of nitrogens with one attached hydrogen (secondary N) is 1. The molecule has 2 N–H and O–H groups in total. The van der Waals surface area contributed by atoms with Crippen molar-refractivity contribution in [3.63, 3.8) is 0 Å². The molecule has 2 aromatic rings. The first-order chi connectivity index (χ1) is 11.4. The summed E-state index contributed by atoms with van der Waals surface area (Å²) in [5.41, 5.74) is 0.172. The van der Waals surface area contributed by atoms with Gasteiger partial charge in [0.15, 0.2) is 0 Å². The molecule has 1 aromatic heterocycles. The Balaban J connectivity index is 2.06. The van der Waals surface area contributed by atoms with Gasteiger partial charge in [-0.3, -0.25) is 0 Å². The molecule has 130 valence electrons. The van der Waals surface area contributed by atoms with Crippen molar-refractivity contribution in [3.05, 3.63) is 34.7 Å². The summed E-state index contributed by atoms with van der Waals surface area (Å²) in [4.78, 5) is 0.895. The van der Waals surface area contributed by atoms with Gasteiger partial charge in [-0.25, -0.2) is 0 Å². The van der Waals surface area contributed by atoms with E-state index in [0.717, 1.165) is 42.7 Å². The van der Waals surface area contributed by atoms with E-state index < -0.39 is 11.7 Å². The van der Waals surface area contributed by atoms with Gasteiger partial charge in [-0.05, 0) is 36.5 Å². The summed E-state index contributed by atoms with van der Waals surface area (Å²) in [5.74, 6) is 0.436. The van der Waals surface area contributed by atoms with E-state index in [1.807, 2.05) is 0 Å². The maximum absolute atomic E-state index is 13.0. The Labute approximate surface area is 143 Å². The van der Waals surface area contributed by atoms with Crippen molar-refractivity contribution in [1.82, 2.24) is 0 Å². The van der Waals surface area contributed by atoms with E-state index >= 15 is 0 Å². The van der Waals surface area contributed by atoms with Crippen molar-refractivity contribution in [3.8, 4) is 16.9 Å². The zero-order chi connectivity index (χ0) is 17.3. The SMILES string of the molecule is CNc1sc(C2CCCCC2)c(O)c1-c1cccc(C(F)(F)F)c1. The monoisotopic (exact) mass is 355 g/mol. The van der Waals surface area contributed by atoms with Crippen molar-refractivity contribution in [2.24, 2.45) is 0 Å². The fourth-order valence-corrected chi connectivity index (χ4v) is 4.62. The zero-order valence-corrected chi connectivity index (χ0v) is 14.2. The summed E-state index contributed by atoms with van der Waals surface area (Å²) in [6, 6.07) is 5.15. The summed E-state index contributed by atoms with van der Waals surface area (Å²) in [6.45, 7) is 0. The summed E-state index contributed by atoms with van der Waals surface area (Å²) < 4.78 is 39.0. The van der Waals surface area contributed by atoms with E-state index in [1.54, 1.807) is 13.1 Å². The minimum atomic E-state index is -4.40. The maximum atomic E-state index is 13.0. The molecule has 6 heteroatoms. The second kappa shape index (κ2) is 6.67. The molecule has 2 nitrogen and oxygen atoms in total. The Kier molecular flexibility index (Phi) is 4.76. The van der Waals surface area contributed by atoms with Crippen molar-refractivity contribution >= 4 is 16.3 Å². The third kappa shape index (κ3) is 3.24. The molecular weight excluding hydrogens is 335 g/mol. The second-order valence-electron chi connectivity index (χ2n) is 6.18. The topological polar surface area (TPSA) is 32.3 Å². The molecule has 0 saturated heterocycles. The fraction of sp³-hybridized carbons (Fsp3) is 0.444.